The van der Waals surface area contributed by atoms with Gasteiger partial charge in [-0.25, -0.2) is 0 Å². The van der Waals surface area contributed by atoms with Gasteiger partial charge in [0.25, 0.3) is 0 Å². The van der Waals surface area contributed by atoms with E-state index in [0.29, 0.717) is 13.2 Å². The molecule has 0 fully saturated rings. The van der Waals surface area contributed by atoms with Crippen LogP contribution in [0.3, 0.4) is 0 Å². The summed E-state index contributed by atoms with van der Waals surface area (Å²) in [6.45, 7) is 5.00. The van der Waals surface area contributed by atoms with Crippen LogP contribution < -0.4 is 0 Å². The first-order valence-corrected chi connectivity index (χ1v) is 2.84. The maximum Gasteiger partial charge on any atom is 0.125 e. The van der Waals surface area contributed by atoms with E-state index in [1.165, 1.54) is 0 Å². The molecule has 0 aliphatic carbocycles. The summed E-state index contributed by atoms with van der Waals surface area (Å²) >= 11 is 0. The molecule has 0 aliphatic rings. The Kier molecular flexibility index (Phi) is 4.56. The highest BCUT2D eigenvalue weighted by Gasteiger charge is 1.95. The summed E-state index contributed by atoms with van der Waals surface area (Å²) in [6.07, 6.45) is 0.898. The number of hydrogen-bond donors (Lipinski definition) is 0. The van der Waals surface area contributed by atoms with Crippen LogP contribution >= 0.6 is 0 Å². The minimum Gasteiger partial charge on any atom is -0.381 e. The van der Waals surface area contributed by atoms with Crippen molar-refractivity contribution in [2.45, 2.75) is 13.8 Å². The van der Waals surface area contributed by atoms with Gasteiger partial charge in [-0.1, -0.05) is 6.92 Å². The van der Waals surface area contributed by atoms with Crippen LogP contribution in [0.2, 0.25) is 0 Å². The molecule has 48 valence electrons. The Bertz CT molecular complexity index is 61.5. The molecule has 0 aromatic rings. The minimum atomic E-state index is 0.0509. The SMILES string of the molecule is CCOCC(C)C=O. The molecule has 0 bridgehead atoms. The molecule has 0 rings (SSSR count). The summed E-state index contributed by atoms with van der Waals surface area (Å²) in [5, 5.41) is 0. The summed E-state index contributed by atoms with van der Waals surface area (Å²) in [7, 11) is 0. The van der Waals surface area contributed by atoms with E-state index >= 15 is 0 Å². The van der Waals surface area contributed by atoms with E-state index < -0.39 is 0 Å². The van der Waals surface area contributed by atoms with Gasteiger partial charge in [0.15, 0.2) is 0 Å². The Morgan fingerprint density at radius 3 is 2.75 bits per heavy atom. The van der Waals surface area contributed by atoms with Gasteiger partial charge in [0.1, 0.15) is 6.29 Å². The first-order valence-electron chi connectivity index (χ1n) is 2.84. The minimum absolute atomic E-state index is 0.0509. The second-order valence-corrected chi connectivity index (χ2v) is 1.77. The normalized spacial score (nSPS) is 13.2. The van der Waals surface area contributed by atoms with E-state index in [-0.39, 0.29) is 5.92 Å². The lowest BCUT2D eigenvalue weighted by molar-refractivity contribution is -0.112. The highest BCUT2D eigenvalue weighted by molar-refractivity contribution is 5.52. The van der Waals surface area contributed by atoms with E-state index in [9.17, 15) is 4.79 Å². The van der Waals surface area contributed by atoms with Crippen LogP contribution in [0, 0.1) is 5.92 Å². The van der Waals surface area contributed by atoms with Crippen LogP contribution in [0.1, 0.15) is 13.8 Å². The van der Waals surface area contributed by atoms with Gasteiger partial charge in [-0.3, -0.25) is 0 Å². The Labute approximate surface area is 49.8 Å². The maximum absolute atomic E-state index is 9.93. The number of aldehydes is 1. The third kappa shape index (κ3) is 3.81. The lowest BCUT2D eigenvalue weighted by Gasteiger charge is -2.00. The van der Waals surface area contributed by atoms with Gasteiger partial charge >= 0.3 is 0 Å². The smallest absolute Gasteiger partial charge is 0.125 e. The molecule has 0 aromatic carbocycles. The van der Waals surface area contributed by atoms with E-state index in [0.717, 1.165) is 6.29 Å². The average Bonchev–Trinajstić information content (AvgIpc) is 1.83. The summed E-state index contributed by atoms with van der Waals surface area (Å²) in [5.74, 6) is 0.0509. The zero-order valence-electron chi connectivity index (χ0n) is 5.39. The number of ether oxygens (including phenoxy) is 1. The first-order chi connectivity index (χ1) is 3.81. The van der Waals surface area contributed by atoms with Crippen LogP contribution in [0.5, 0.6) is 0 Å². The van der Waals surface area contributed by atoms with Gasteiger partial charge in [-0.05, 0) is 6.92 Å². The zero-order valence-corrected chi connectivity index (χ0v) is 5.39. The molecule has 0 radical (unpaired) electrons. The van der Waals surface area contributed by atoms with E-state index in [1.54, 1.807) is 0 Å². The number of carbonyl (C=O) groups excluding carboxylic acids is 1. The second kappa shape index (κ2) is 4.78. The van der Waals surface area contributed by atoms with Crippen LogP contribution in [-0.4, -0.2) is 19.5 Å². The topological polar surface area (TPSA) is 26.3 Å². The maximum atomic E-state index is 9.93. The van der Waals surface area contributed by atoms with Crippen LogP contribution in [-0.2, 0) is 9.53 Å². The van der Waals surface area contributed by atoms with E-state index in [4.69, 9.17) is 4.74 Å². The molecule has 2 heteroatoms. The molecule has 1 unspecified atom stereocenters. The Morgan fingerprint density at radius 2 is 2.38 bits per heavy atom. The molecular weight excluding hydrogens is 104 g/mol. The molecule has 0 aromatic heterocycles. The van der Waals surface area contributed by atoms with Crippen molar-refractivity contribution < 1.29 is 9.53 Å². The highest BCUT2D eigenvalue weighted by atomic mass is 16.5. The van der Waals surface area contributed by atoms with Gasteiger partial charge in [-0.2, -0.15) is 0 Å². The summed E-state index contributed by atoms with van der Waals surface area (Å²) in [4.78, 5) is 9.93. The molecule has 1 atom stereocenters. The van der Waals surface area contributed by atoms with E-state index in [2.05, 4.69) is 0 Å². The molecule has 8 heavy (non-hydrogen) atoms. The standard InChI is InChI=1S/C6H12O2/c1-3-8-5-6(2)4-7/h4,6H,3,5H2,1-2H3. The predicted molar refractivity (Wildman–Crippen MR) is 31.7 cm³/mol. The van der Waals surface area contributed by atoms with Crippen LogP contribution in [0.15, 0.2) is 0 Å². The fourth-order valence-electron chi connectivity index (χ4n) is 0.343. The lowest BCUT2D eigenvalue weighted by Crippen LogP contribution is -2.05. The van der Waals surface area contributed by atoms with Crippen molar-refractivity contribution in [1.82, 2.24) is 0 Å². The molecule has 0 N–H and O–H groups in total. The quantitative estimate of drug-likeness (QED) is 0.509. The number of carbonyl (C=O) groups is 1. The van der Waals surface area contributed by atoms with Gasteiger partial charge in [-0.15, -0.1) is 0 Å². The van der Waals surface area contributed by atoms with Crippen molar-refractivity contribution in [2.24, 2.45) is 5.92 Å². The molecule has 0 saturated carbocycles. The lowest BCUT2D eigenvalue weighted by atomic mass is 10.2. The highest BCUT2D eigenvalue weighted by Crippen LogP contribution is 1.88. The summed E-state index contributed by atoms with van der Waals surface area (Å²) in [6, 6.07) is 0. The Hall–Kier alpha value is -0.370. The number of hydrogen-bond acceptors (Lipinski definition) is 2. The first kappa shape index (κ1) is 7.63. The Morgan fingerprint density at radius 1 is 1.75 bits per heavy atom. The average molecular weight is 116 g/mol. The number of rotatable bonds is 4. The molecule has 0 aliphatic heterocycles. The van der Waals surface area contributed by atoms with Crippen molar-refractivity contribution in [3.8, 4) is 0 Å². The van der Waals surface area contributed by atoms with Crippen LogP contribution in [0.25, 0.3) is 0 Å². The molecule has 0 saturated heterocycles. The molecular formula is C6H12O2. The van der Waals surface area contributed by atoms with E-state index in [1.807, 2.05) is 13.8 Å². The molecule has 0 heterocycles. The van der Waals surface area contributed by atoms with Gasteiger partial charge in [0.2, 0.25) is 0 Å². The van der Waals surface area contributed by atoms with Crippen molar-refractivity contribution in [3.63, 3.8) is 0 Å². The predicted octanol–water partition coefficient (Wildman–Crippen LogP) is 0.858. The summed E-state index contributed by atoms with van der Waals surface area (Å²) < 4.78 is 4.95. The zero-order chi connectivity index (χ0) is 6.41. The van der Waals surface area contributed by atoms with Crippen LogP contribution in [0.4, 0.5) is 0 Å². The third-order valence-corrected chi connectivity index (χ3v) is 0.817. The van der Waals surface area contributed by atoms with Crippen molar-refractivity contribution in [3.05, 3.63) is 0 Å². The fraction of sp³-hybridized carbons (Fsp3) is 0.833. The molecule has 2 nitrogen and oxygen atoms in total. The second-order valence-electron chi connectivity index (χ2n) is 1.77. The van der Waals surface area contributed by atoms with Gasteiger partial charge in [0.05, 0.1) is 6.61 Å². The monoisotopic (exact) mass is 116 g/mol. The van der Waals surface area contributed by atoms with Crippen molar-refractivity contribution in [2.75, 3.05) is 13.2 Å². The van der Waals surface area contributed by atoms with Crippen molar-refractivity contribution >= 4 is 6.29 Å². The van der Waals surface area contributed by atoms with Crippen molar-refractivity contribution in [1.29, 1.82) is 0 Å². The molecule has 0 amide bonds. The summed E-state index contributed by atoms with van der Waals surface area (Å²) in [5.41, 5.74) is 0. The molecule has 0 spiro atoms. The largest absolute Gasteiger partial charge is 0.381 e. The van der Waals surface area contributed by atoms with Gasteiger partial charge in [0, 0.05) is 12.5 Å². The Balaban J connectivity index is 2.98. The van der Waals surface area contributed by atoms with Gasteiger partial charge < -0.3 is 9.53 Å². The fourth-order valence-corrected chi connectivity index (χ4v) is 0.343. The third-order valence-electron chi connectivity index (χ3n) is 0.817.